The van der Waals surface area contributed by atoms with E-state index in [1.165, 1.54) is 47.4 Å². The number of piperazine rings is 1. The van der Waals surface area contributed by atoms with Crippen LogP contribution >= 0.6 is 0 Å². The summed E-state index contributed by atoms with van der Waals surface area (Å²) in [6, 6.07) is 9.99. The van der Waals surface area contributed by atoms with Gasteiger partial charge in [0.25, 0.3) is 5.91 Å². The maximum atomic E-state index is 14.0. The van der Waals surface area contributed by atoms with Crippen LogP contribution in [0.1, 0.15) is 35.8 Å². The summed E-state index contributed by atoms with van der Waals surface area (Å²) in [5.41, 5.74) is 1.62. The van der Waals surface area contributed by atoms with Gasteiger partial charge in [-0.3, -0.25) is 14.6 Å². The van der Waals surface area contributed by atoms with Crippen LogP contribution in [0.2, 0.25) is 0 Å². The number of nitrogens with zero attached hydrogens (tertiary/aromatic N) is 3. The van der Waals surface area contributed by atoms with Gasteiger partial charge in [-0.25, -0.2) is 18.4 Å². The third kappa shape index (κ3) is 5.80. The molecule has 1 fully saturated rings. The Morgan fingerprint density at radius 1 is 1.00 bits per heavy atom. The van der Waals surface area contributed by atoms with Crippen LogP contribution in [0.4, 0.5) is 13.6 Å². The van der Waals surface area contributed by atoms with E-state index in [1.54, 1.807) is 17.9 Å². The smallest absolute Gasteiger partial charge is 0.338 e. The Morgan fingerprint density at radius 2 is 1.70 bits per heavy atom. The first-order valence-corrected chi connectivity index (χ1v) is 12.3. The van der Waals surface area contributed by atoms with Gasteiger partial charge in [0, 0.05) is 50.5 Å². The molecule has 0 aliphatic carbocycles. The lowest BCUT2D eigenvalue weighted by atomic mass is 9.94. The third-order valence-electron chi connectivity index (χ3n) is 6.56. The molecule has 2 aromatic carbocycles. The highest BCUT2D eigenvalue weighted by Crippen LogP contribution is 2.32. The van der Waals surface area contributed by atoms with Crippen LogP contribution in [0.5, 0.6) is 0 Å². The van der Waals surface area contributed by atoms with Crippen molar-refractivity contribution < 1.29 is 27.9 Å². The number of hydrogen-bond donors (Lipinski definition) is 1. The van der Waals surface area contributed by atoms with E-state index in [1.807, 2.05) is 6.92 Å². The lowest BCUT2D eigenvalue weighted by Gasteiger charge is -2.40. The zero-order valence-corrected chi connectivity index (χ0v) is 20.9. The van der Waals surface area contributed by atoms with Crippen molar-refractivity contribution in [2.45, 2.75) is 19.9 Å². The Hall–Kier alpha value is -3.79. The average Bonchev–Trinajstić information content (AvgIpc) is 2.89. The molecular weight excluding hydrogens is 482 g/mol. The van der Waals surface area contributed by atoms with E-state index in [9.17, 15) is 23.2 Å². The van der Waals surface area contributed by atoms with Gasteiger partial charge in [0.05, 0.1) is 18.2 Å². The fourth-order valence-corrected chi connectivity index (χ4v) is 4.69. The van der Waals surface area contributed by atoms with Crippen LogP contribution in [0, 0.1) is 11.6 Å². The second-order valence-corrected chi connectivity index (χ2v) is 8.84. The number of carbonyl (C=O) groups is 3. The van der Waals surface area contributed by atoms with Gasteiger partial charge in [0.1, 0.15) is 11.6 Å². The summed E-state index contributed by atoms with van der Waals surface area (Å²) in [4.78, 5) is 44.3. The number of halogens is 2. The van der Waals surface area contributed by atoms with Gasteiger partial charge in [-0.2, -0.15) is 0 Å². The molecule has 0 saturated carbocycles. The molecule has 37 heavy (non-hydrogen) atoms. The highest BCUT2D eigenvalue weighted by molar-refractivity contribution is 5.95. The standard InChI is InChI=1S/C27H30F2N4O4/c1-3-33-22(17-31-12-14-32(15-13-31)25(34)18-8-10-20(28)11-9-18)23(26(35)37-4-2)24(30-27(33)36)19-6-5-7-21(29)16-19/h5-11,16,24H,3-4,12-15,17H2,1-2H3,(H,30,36)/t24-/m1/s1. The first-order valence-electron chi connectivity index (χ1n) is 12.3. The number of urea groups is 1. The molecule has 2 heterocycles. The molecule has 1 atom stereocenters. The van der Waals surface area contributed by atoms with Crippen LogP contribution in [0.25, 0.3) is 0 Å². The van der Waals surface area contributed by atoms with Crippen LogP contribution in [-0.4, -0.2) is 78.5 Å². The van der Waals surface area contributed by atoms with Crippen molar-refractivity contribution in [2.75, 3.05) is 45.9 Å². The topological polar surface area (TPSA) is 82.2 Å². The molecule has 0 radical (unpaired) electrons. The van der Waals surface area contributed by atoms with E-state index in [0.717, 1.165) is 0 Å². The zero-order valence-electron chi connectivity index (χ0n) is 20.9. The molecule has 0 bridgehead atoms. The zero-order chi connectivity index (χ0) is 26.5. The summed E-state index contributed by atoms with van der Waals surface area (Å²) in [6.07, 6.45) is 0. The van der Waals surface area contributed by atoms with Gasteiger partial charge in [0.15, 0.2) is 0 Å². The summed E-state index contributed by atoms with van der Waals surface area (Å²) < 4.78 is 32.6. The van der Waals surface area contributed by atoms with Crippen molar-refractivity contribution in [3.8, 4) is 0 Å². The van der Waals surface area contributed by atoms with E-state index >= 15 is 0 Å². The van der Waals surface area contributed by atoms with Gasteiger partial charge in [0.2, 0.25) is 0 Å². The number of likely N-dealkylation sites (N-methyl/N-ethyl adjacent to an activating group) is 1. The molecule has 1 saturated heterocycles. The molecule has 0 aromatic heterocycles. The Bertz CT molecular complexity index is 1190. The van der Waals surface area contributed by atoms with Gasteiger partial charge in [-0.1, -0.05) is 12.1 Å². The molecule has 2 aliphatic heterocycles. The number of amides is 3. The molecule has 1 N–H and O–H groups in total. The number of hydrogen-bond acceptors (Lipinski definition) is 5. The van der Waals surface area contributed by atoms with E-state index in [-0.39, 0.29) is 30.7 Å². The molecule has 2 aromatic rings. The highest BCUT2D eigenvalue weighted by Gasteiger charge is 2.38. The van der Waals surface area contributed by atoms with Crippen molar-refractivity contribution in [2.24, 2.45) is 0 Å². The number of nitrogens with one attached hydrogen (secondary N) is 1. The van der Waals surface area contributed by atoms with Crippen molar-refractivity contribution in [1.82, 2.24) is 20.0 Å². The number of rotatable bonds is 7. The van der Waals surface area contributed by atoms with Crippen LogP contribution < -0.4 is 5.32 Å². The Labute approximate surface area is 214 Å². The SMILES string of the molecule is CCOC(=O)C1=C(CN2CCN(C(=O)c3ccc(F)cc3)CC2)N(CC)C(=O)N[C@@H]1c1cccc(F)c1. The summed E-state index contributed by atoms with van der Waals surface area (Å²) in [7, 11) is 0. The lowest BCUT2D eigenvalue weighted by Crippen LogP contribution is -2.53. The first kappa shape index (κ1) is 26.3. The van der Waals surface area contributed by atoms with E-state index < -0.39 is 23.6 Å². The van der Waals surface area contributed by atoms with Gasteiger partial charge in [-0.05, 0) is 55.8 Å². The predicted molar refractivity (Wildman–Crippen MR) is 132 cm³/mol. The molecule has 3 amide bonds. The third-order valence-corrected chi connectivity index (χ3v) is 6.56. The van der Waals surface area contributed by atoms with Gasteiger partial charge >= 0.3 is 12.0 Å². The minimum Gasteiger partial charge on any atom is -0.463 e. The summed E-state index contributed by atoms with van der Waals surface area (Å²) in [6.45, 7) is 6.15. The quantitative estimate of drug-likeness (QED) is 0.576. The second kappa shape index (κ2) is 11.5. The molecule has 196 valence electrons. The van der Waals surface area contributed by atoms with Crippen LogP contribution in [0.15, 0.2) is 59.8 Å². The number of benzene rings is 2. The first-order chi connectivity index (χ1) is 17.8. The average molecular weight is 513 g/mol. The van der Waals surface area contributed by atoms with Crippen LogP contribution in [0.3, 0.4) is 0 Å². The van der Waals surface area contributed by atoms with E-state index in [2.05, 4.69) is 10.2 Å². The summed E-state index contributed by atoms with van der Waals surface area (Å²) in [5, 5.41) is 2.83. The number of ether oxygens (including phenoxy) is 1. The molecule has 8 nitrogen and oxygen atoms in total. The molecule has 4 rings (SSSR count). The van der Waals surface area contributed by atoms with E-state index in [0.29, 0.717) is 49.5 Å². The Balaban J connectivity index is 1.59. The van der Waals surface area contributed by atoms with Crippen molar-refractivity contribution in [3.63, 3.8) is 0 Å². The van der Waals surface area contributed by atoms with E-state index in [4.69, 9.17) is 4.74 Å². The maximum Gasteiger partial charge on any atom is 0.338 e. The Morgan fingerprint density at radius 3 is 2.32 bits per heavy atom. The normalized spacial score (nSPS) is 18.6. The van der Waals surface area contributed by atoms with Gasteiger partial charge < -0.3 is 15.0 Å². The Kier molecular flexibility index (Phi) is 8.17. The maximum absolute atomic E-state index is 14.0. The molecule has 0 unspecified atom stereocenters. The molecular formula is C27H30F2N4O4. The fraction of sp³-hybridized carbons (Fsp3) is 0.370. The summed E-state index contributed by atoms with van der Waals surface area (Å²) >= 11 is 0. The fourth-order valence-electron chi connectivity index (χ4n) is 4.69. The largest absolute Gasteiger partial charge is 0.463 e. The lowest BCUT2D eigenvalue weighted by molar-refractivity contribution is -0.139. The van der Waals surface area contributed by atoms with Crippen molar-refractivity contribution in [1.29, 1.82) is 0 Å². The predicted octanol–water partition coefficient (Wildman–Crippen LogP) is 3.33. The minimum absolute atomic E-state index is 0.149. The molecule has 0 spiro atoms. The highest BCUT2D eigenvalue weighted by atomic mass is 19.1. The number of esters is 1. The van der Waals surface area contributed by atoms with Crippen LogP contribution in [-0.2, 0) is 9.53 Å². The molecule has 2 aliphatic rings. The monoisotopic (exact) mass is 512 g/mol. The summed E-state index contributed by atoms with van der Waals surface area (Å²) in [5.74, 6) is -1.63. The van der Waals surface area contributed by atoms with Crippen molar-refractivity contribution in [3.05, 3.63) is 82.6 Å². The second-order valence-electron chi connectivity index (χ2n) is 8.84. The number of carbonyl (C=O) groups excluding carboxylic acids is 3. The van der Waals surface area contributed by atoms with Crippen molar-refractivity contribution >= 4 is 17.9 Å². The molecule has 10 heteroatoms. The van der Waals surface area contributed by atoms with Gasteiger partial charge in [-0.15, -0.1) is 0 Å². The minimum atomic E-state index is -0.860.